The highest BCUT2D eigenvalue weighted by Gasteiger charge is 2.29. The van der Waals surface area contributed by atoms with Gasteiger partial charge >= 0.3 is 0 Å². The van der Waals surface area contributed by atoms with E-state index in [-0.39, 0.29) is 17.7 Å². The second-order valence-corrected chi connectivity index (χ2v) is 6.56. The van der Waals surface area contributed by atoms with Crippen LogP contribution in [0.25, 0.3) is 0 Å². The van der Waals surface area contributed by atoms with Gasteiger partial charge in [0.2, 0.25) is 11.8 Å². The molecule has 5 heteroatoms. The van der Waals surface area contributed by atoms with Crippen LogP contribution in [-0.4, -0.2) is 49.9 Å². The predicted molar refractivity (Wildman–Crippen MR) is 82.7 cm³/mol. The molecule has 0 aromatic carbocycles. The summed E-state index contributed by atoms with van der Waals surface area (Å²) in [6.45, 7) is 5.76. The Balaban J connectivity index is 1.83. The first-order chi connectivity index (χ1) is 10.1. The largest absolute Gasteiger partial charge is 0.359 e. The molecule has 2 rings (SSSR count). The molecule has 0 bridgehead atoms. The molecule has 2 saturated heterocycles. The molecule has 2 amide bonds. The summed E-state index contributed by atoms with van der Waals surface area (Å²) in [4.78, 5) is 26.1. The highest BCUT2D eigenvalue weighted by Crippen LogP contribution is 2.26. The maximum absolute atomic E-state index is 12.5. The van der Waals surface area contributed by atoms with Gasteiger partial charge < -0.3 is 15.5 Å². The molecule has 2 atom stereocenters. The number of hydrogen-bond acceptors (Lipinski definition) is 3. The summed E-state index contributed by atoms with van der Waals surface area (Å²) in [5, 5.41) is 6.07. The minimum atomic E-state index is -0.0260. The van der Waals surface area contributed by atoms with Gasteiger partial charge in [0.25, 0.3) is 0 Å². The fourth-order valence-electron chi connectivity index (χ4n) is 3.61. The van der Waals surface area contributed by atoms with E-state index >= 15 is 0 Å². The Morgan fingerprint density at radius 2 is 2.00 bits per heavy atom. The van der Waals surface area contributed by atoms with E-state index in [4.69, 9.17) is 0 Å². The van der Waals surface area contributed by atoms with Gasteiger partial charge in [-0.05, 0) is 50.6 Å². The van der Waals surface area contributed by atoms with Crippen LogP contribution < -0.4 is 10.6 Å². The van der Waals surface area contributed by atoms with Gasteiger partial charge in [0.15, 0.2) is 0 Å². The molecule has 0 aliphatic carbocycles. The van der Waals surface area contributed by atoms with Gasteiger partial charge in [-0.3, -0.25) is 9.59 Å². The molecule has 0 spiro atoms. The van der Waals surface area contributed by atoms with Crippen molar-refractivity contribution in [2.75, 3.05) is 33.2 Å². The van der Waals surface area contributed by atoms with Crippen LogP contribution in [0.3, 0.4) is 0 Å². The zero-order chi connectivity index (χ0) is 15.2. The van der Waals surface area contributed by atoms with E-state index in [1.807, 2.05) is 4.90 Å². The molecule has 21 heavy (non-hydrogen) atoms. The van der Waals surface area contributed by atoms with Gasteiger partial charge in [0.1, 0.15) is 0 Å². The molecular weight excluding hydrogens is 266 g/mol. The highest BCUT2D eigenvalue weighted by molar-refractivity contribution is 5.81. The first-order valence-corrected chi connectivity index (χ1v) is 8.32. The van der Waals surface area contributed by atoms with Crippen LogP contribution in [-0.2, 0) is 9.59 Å². The van der Waals surface area contributed by atoms with Crippen LogP contribution in [0.5, 0.6) is 0 Å². The fourth-order valence-corrected chi connectivity index (χ4v) is 3.61. The third kappa shape index (κ3) is 4.43. The number of carbonyl (C=O) groups excluding carboxylic acids is 2. The van der Waals surface area contributed by atoms with Crippen molar-refractivity contribution < 1.29 is 9.59 Å². The third-order valence-corrected chi connectivity index (χ3v) is 5.08. The Bertz CT molecular complexity index is 367. The molecule has 0 saturated carbocycles. The minimum Gasteiger partial charge on any atom is -0.359 e. The molecule has 5 nitrogen and oxygen atoms in total. The minimum absolute atomic E-state index is 0.0260. The average molecular weight is 295 g/mol. The Kier molecular flexibility index (Phi) is 6.03. The van der Waals surface area contributed by atoms with Gasteiger partial charge in [-0.1, -0.05) is 6.92 Å². The highest BCUT2D eigenvalue weighted by atomic mass is 16.2. The van der Waals surface area contributed by atoms with Crippen LogP contribution in [0.1, 0.15) is 39.0 Å². The molecule has 2 heterocycles. The number of amides is 2. The number of carbonyl (C=O) groups is 2. The summed E-state index contributed by atoms with van der Waals surface area (Å²) in [5.74, 6) is 1.38. The number of likely N-dealkylation sites (tertiary alicyclic amines) is 1. The zero-order valence-corrected chi connectivity index (χ0v) is 13.4. The molecule has 2 fully saturated rings. The summed E-state index contributed by atoms with van der Waals surface area (Å²) in [6, 6.07) is 0. The molecule has 2 aliphatic rings. The molecule has 2 aliphatic heterocycles. The van der Waals surface area contributed by atoms with Crippen molar-refractivity contribution in [2.24, 2.45) is 17.8 Å². The maximum Gasteiger partial charge on any atom is 0.224 e. The molecule has 0 radical (unpaired) electrons. The standard InChI is InChI=1S/C16H29N3O2/c1-12(13-5-7-18-8-6-13)10-15(20)19-9-3-4-14(11-19)16(21)17-2/h12-14,18H,3-11H2,1-2H3,(H,17,21). The van der Waals surface area contributed by atoms with E-state index in [1.165, 1.54) is 12.8 Å². The quantitative estimate of drug-likeness (QED) is 0.813. The van der Waals surface area contributed by atoms with Crippen molar-refractivity contribution in [2.45, 2.75) is 39.0 Å². The Morgan fingerprint density at radius 1 is 1.29 bits per heavy atom. The van der Waals surface area contributed by atoms with Crippen molar-refractivity contribution in [1.29, 1.82) is 0 Å². The number of hydrogen-bond donors (Lipinski definition) is 2. The normalized spacial score (nSPS) is 25.4. The summed E-state index contributed by atoms with van der Waals surface area (Å²) < 4.78 is 0. The summed E-state index contributed by atoms with van der Waals surface area (Å²) >= 11 is 0. The summed E-state index contributed by atoms with van der Waals surface area (Å²) in [6.07, 6.45) is 4.81. The van der Waals surface area contributed by atoms with Gasteiger partial charge in [-0.2, -0.15) is 0 Å². The van der Waals surface area contributed by atoms with E-state index in [0.29, 0.717) is 24.8 Å². The van der Waals surface area contributed by atoms with Crippen LogP contribution in [0.15, 0.2) is 0 Å². The maximum atomic E-state index is 12.5. The molecule has 0 aromatic heterocycles. The second kappa shape index (κ2) is 7.78. The molecule has 2 unspecified atom stereocenters. The summed E-state index contributed by atoms with van der Waals surface area (Å²) in [7, 11) is 1.67. The van der Waals surface area contributed by atoms with E-state index in [9.17, 15) is 9.59 Å². The first-order valence-electron chi connectivity index (χ1n) is 8.32. The van der Waals surface area contributed by atoms with Crippen LogP contribution >= 0.6 is 0 Å². The molecule has 0 aromatic rings. The lowest BCUT2D eigenvalue weighted by Gasteiger charge is -2.34. The van der Waals surface area contributed by atoms with Crippen LogP contribution in [0, 0.1) is 17.8 Å². The van der Waals surface area contributed by atoms with E-state index in [0.717, 1.165) is 32.5 Å². The van der Waals surface area contributed by atoms with E-state index < -0.39 is 0 Å². The lowest BCUT2D eigenvalue weighted by atomic mass is 9.83. The van der Waals surface area contributed by atoms with Gasteiger partial charge in [0, 0.05) is 26.6 Å². The van der Waals surface area contributed by atoms with Gasteiger partial charge in [-0.25, -0.2) is 0 Å². The first kappa shape index (κ1) is 16.3. The topological polar surface area (TPSA) is 61.4 Å². The van der Waals surface area contributed by atoms with E-state index in [1.54, 1.807) is 7.05 Å². The van der Waals surface area contributed by atoms with Crippen LogP contribution in [0.2, 0.25) is 0 Å². The van der Waals surface area contributed by atoms with Crippen LogP contribution in [0.4, 0.5) is 0 Å². The molecule has 120 valence electrons. The fraction of sp³-hybridized carbons (Fsp3) is 0.875. The van der Waals surface area contributed by atoms with Crippen molar-refractivity contribution in [3.05, 3.63) is 0 Å². The third-order valence-electron chi connectivity index (χ3n) is 5.08. The Hall–Kier alpha value is -1.10. The second-order valence-electron chi connectivity index (χ2n) is 6.56. The number of nitrogens with one attached hydrogen (secondary N) is 2. The molecule has 2 N–H and O–H groups in total. The summed E-state index contributed by atoms with van der Waals surface area (Å²) in [5.41, 5.74) is 0. The average Bonchev–Trinajstić information content (AvgIpc) is 2.55. The number of piperidine rings is 2. The number of nitrogens with zero attached hydrogens (tertiary/aromatic N) is 1. The lowest BCUT2D eigenvalue weighted by Crippen LogP contribution is -2.45. The van der Waals surface area contributed by atoms with Gasteiger partial charge in [-0.15, -0.1) is 0 Å². The monoisotopic (exact) mass is 295 g/mol. The molecular formula is C16H29N3O2. The lowest BCUT2D eigenvalue weighted by molar-refractivity contribution is -0.136. The Morgan fingerprint density at radius 3 is 2.67 bits per heavy atom. The van der Waals surface area contributed by atoms with Gasteiger partial charge in [0.05, 0.1) is 5.92 Å². The van der Waals surface area contributed by atoms with E-state index in [2.05, 4.69) is 17.6 Å². The zero-order valence-electron chi connectivity index (χ0n) is 13.4. The van der Waals surface area contributed by atoms with Crippen molar-refractivity contribution in [3.63, 3.8) is 0 Å². The smallest absolute Gasteiger partial charge is 0.224 e. The predicted octanol–water partition coefficient (Wildman–Crippen LogP) is 0.997. The Labute approximate surface area is 127 Å². The number of rotatable bonds is 4. The van der Waals surface area contributed by atoms with Crippen molar-refractivity contribution in [3.8, 4) is 0 Å². The van der Waals surface area contributed by atoms with Crippen molar-refractivity contribution >= 4 is 11.8 Å². The van der Waals surface area contributed by atoms with Crippen molar-refractivity contribution in [1.82, 2.24) is 15.5 Å². The SMILES string of the molecule is CNC(=O)C1CCCN(C(=O)CC(C)C2CCNCC2)C1.